The molecule has 1 heterocycles. The van der Waals surface area contributed by atoms with E-state index in [1.54, 1.807) is 0 Å². The average Bonchev–Trinajstić information content (AvgIpc) is 2.40. The number of hydrogen-bond donors (Lipinski definition) is 2. The quantitative estimate of drug-likeness (QED) is 0.648. The number of hydrogen-bond acceptors (Lipinski definition) is 7. The molecule has 104 valence electrons. The highest BCUT2D eigenvalue weighted by atomic mass is 19.1. The molecule has 0 saturated carbocycles. The fourth-order valence-corrected chi connectivity index (χ4v) is 1.51. The number of nitrogens with zero attached hydrogens (tertiary/aromatic N) is 3. The summed E-state index contributed by atoms with van der Waals surface area (Å²) in [4.78, 5) is 17.5. The zero-order chi connectivity index (χ0) is 14.7. The van der Waals surface area contributed by atoms with Crippen LogP contribution in [0.25, 0.3) is 0 Å². The van der Waals surface area contributed by atoms with Gasteiger partial charge in [0.25, 0.3) is 0 Å². The Morgan fingerprint density at radius 1 is 1.50 bits per heavy atom. The van der Waals surface area contributed by atoms with Crippen molar-refractivity contribution in [2.24, 2.45) is 0 Å². The largest absolute Gasteiger partial charge is 0.494 e. The lowest BCUT2D eigenvalue weighted by Gasteiger charge is -2.10. The van der Waals surface area contributed by atoms with Crippen LogP contribution in [-0.4, -0.2) is 22.0 Å². The van der Waals surface area contributed by atoms with E-state index in [-0.39, 0.29) is 23.2 Å². The number of benzene rings is 1. The van der Waals surface area contributed by atoms with Crippen LogP contribution in [0, 0.1) is 15.9 Å². The number of rotatable bonds is 4. The van der Waals surface area contributed by atoms with Crippen LogP contribution in [0.3, 0.4) is 0 Å². The van der Waals surface area contributed by atoms with E-state index < -0.39 is 10.7 Å². The second-order valence-corrected chi connectivity index (χ2v) is 3.69. The molecule has 0 aliphatic carbocycles. The zero-order valence-corrected chi connectivity index (χ0v) is 10.3. The summed E-state index contributed by atoms with van der Waals surface area (Å²) in [7, 11) is 1.35. The van der Waals surface area contributed by atoms with Crippen LogP contribution in [-0.2, 0) is 0 Å². The van der Waals surface area contributed by atoms with Crippen LogP contribution < -0.4 is 15.8 Å². The lowest BCUT2D eigenvalue weighted by atomic mass is 10.2. The molecule has 0 amide bonds. The number of aromatic nitrogens is 2. The maximum absolute atomic E-state index is 13.1. The maximum atomic E-state index is 13.1. The van der Waals surface area contributed by atoms with Crippen molar-refractivity contribution in [3.63, 3.8) is 0 Å². The van der Waals surface area contributed by atoms with Crippen molar-refractivity contribution in [1.29, 1.82) is 0 Å². The molecule has 0 unspecified atom stereocenters. The van der Waals surface area contributed by atoms with E-state index in [1.165, 1.54) is 19.2 Å². The van der Waals surface area contributed by atoms with Gasteiger partial charge in [0.1, 0.15) is 17.8 Å². The molecule has 0 fully saturated rings. The Morgan fingerprint density at radius 2 is 2.25 bits per heavy atom. The molecule has 0 aliphatic heterocycles. The van der Waals surface area contributed by atoms with E-state index in [1.807, 2.05) is 0 Å². The fourth-order valence-electron chi connectivity index (χ4n) is 1.51. The normalized spacial score (nSPS) is 10.1. The monoisotopic (exact) mass is 279 g/mol. The molecule has 0 spiro atoms. The molecule has 9 heteroatoms. The summed E-state index contributed by atoms with van der Waals surface area (Å²) in [6.45, 7) is 0. The standard InChI is InChI=1S/C11H10FN5O3/c1-20-9-4-6(12)2-3-7(9)15-10-8(17(18)19)5-14-11(13)16-10/h2-5H,1H3,(H3,13,14,15,16). The average molecular weight is 279 g/mol. The van der Waals surface area contributed by atoms with Gasteiger partial charge in [-0.3, -0.25) is 10.1 Å². The molecule has 20 heavy (non-hydrogen) atoms. The van der Waals surface area contributed by atoms with Gasteiger partial charge in [-0.2, -0.15) is 4.98 Å². The van der Waals surface area contributed by atoms with Gasteiger partial charge in [0.05, 0.1) is 17.7 Å². The number of anilines is 3. The number of nitro groups is 1. The molecule has 2 rings (SSSR count). The van der Waals surface area contributed by atoms with Gasteiger partial charge in [-0.05, 0) is 12.1 Å². The Hall–Kier alpha value is -2.97. The number of halogens is 1. The summed E-state index contributed by atoms with van der Waals surface area (Å²) in [5, 5.41) is 13.6. The highest BCUT2D eigenvalue weighted by molar-refractivity contribution is 5.70. The van der Waals surface area contributed by atoms with Crippen molar-refractivity contribution < 1.29 is 14.1 Å². The molecule has 0 radical (unpaired) electrons. The van der Waals surface area contributed by atoms with E-state index in [0.717, 1.165) is 12.3 Å². The summed E-state index contributed by atoms with van der Waals surface area (Å²) >= 11 is 0. The summed E-state index contributed by atoms with van der Waals surface area (Å²) in [6, 6.07) is 3.69. The van der Waals surface area contributed by atoms with Crippen molar-refractivity contribution in [2.45, 2.75) is 0 Å². The second kappa shape index (κ2) is 5.34. The molecule has 8 nitrogen and oxygen atoms in total. The van der Waals surface area contributed by atoms with Gasteiger partial charge in [-0.15, -0.1) is 0 Å². The number of methoxy groups -OCH3 is 1. The third-order valence-electron chi connectivity index (χ3n) is 2.40. The molecule has 0 atom stereocenters. The Labute approximate surface area is 112 Å². The molecule has 0 saturated heterocycles. The topological polar surface area (TPSA) is 116 Å². The van der Waals surface area contributed by atoms with Gasteiger partial charge in [-0.1, -0.05) is 0 Å². The van der Waals surface area contributed by atoms with E-state index in [4.69, 9.17) is 10.5 Å². The number of ether oxygens (including phenoxy) is 1. The smallest absolute Gasteiger partial charge is 0.329 e. The van der Waals surface area contributed by atoms with E-state index >= 15 is 0 Å². The maximum Gasteiger partial charge on any atom is 0.329 e. The summed E-state index contributed by atoms with van der Waals surface area (Å²) in [5.74, 6) is -0.549. The van der Waals surface area contributed by atoms with Gasteiger partial charge in [0, 0.05) is 6.07 Å². The van der Waals surface area contributed by atoms with Crippen molar-refractivity contribution in [3.8, 4) is 5.75 Å². The summed E-state index contributed by atoms with van der Waals surface area (Å²) in [5.41, 5.74) is 5.36. The molecule has 1 aromatic carbocycles. The van der Waals surface area contributed by atoms with Crippen LogP contribution in [0.15, 0.2) is 24.4 Å². The van der Waals surface area contributed by atoms with Crippen LogP contribution >= 0.6 is 0 Å². The van der Waals surface area contributed by atoms with E-state index in [0.29, 0.717) is 5.69 Å². The van der Waals surface area contributed by atoms with Crippen LogP contribution in [0.2, 0.25) is 0 Å². The summed E-state index contributed by atoms with van der Waals surface area (Å²) in [6.07, 6.45) is 0.987. The highest BCUT2D eigenvalue weighted by Crippen LogP contribution is 2.31. The van der Waals surface area contributed by atoms with E-state index in [2.05, 4.69) is 15.3 Å². The number of nitrogens with one attached hydrogen (secondary N) is 1. The fraction of sp³-hybridized carbons (Fsp3) is 0.0909. The van der Waals surface area contributed by atoms with Crippen molar-refractivity contribution >= 4 is 23.1 Å². The van der Waals surface area contributed by atoms with Crippen molar-refractivity contribution in [2.75, 3.05) is 18.2 Å². The molecule has 3 N–H and O–H groups in total. The molecule has 2 aromatic rings. The van der Waals surface area contributed by atoms with Crippen LogP contribution in [0.1, 0.15) is 0 Å². The number of nitrogen functional groups attached to an aromatic ring is 1. The third kappa shape index (κ3) is 2.71. The Balaban J connectivity index is 2.44. The molecule has 0 aliphatic rings. The highest BCUT2D eigenvalue weighted by Gasteiger charge is 2.18. The lowest BCUT2D eigenvalue weighted by Crippen LogP contribution is -2.05. The first kappa shape index (κ1) is 13.5. The molecule has 1 aromatic heterocycles. The van der Waals surface area contributed by atoms with Gasteiger partial charge < -0.3 is 15.8 Å². The first-order chi connectivity index (χ1) is 9.51. The summed E-state index contributed by atoms with van der Waals surface area (Å²) < 4.78 is 18.1. The molecule has 0 bridgehead atoms. The minimum absolute atomic E-state index is 0.104. The first-order valence-electron chi connectivity index (χ1n) is 5.38. The predicted molar refractivity (Wildman–Crippen MR) is 69.3 cm³/mol. The third-order valence-corrected chi connectivity index (χ3v) is 2.40. The Morgan fingerprint density at radius 3 is 2.90 bits per heavy atom. The second-order valence-electron chi connectivity index (χ2n) is 3.69. The van der Waals surface area contributed by atoms with Gasteiger partial charge in [-0.25, -0.2) is 9.37 Å². The molecular formula is C11H10FN5O3. The van der Waals surface area contributed by atoms with Gasteiger partial charge in [0.2, 0.25) is 11.8 Å². The van der Waals surface area contributed by atoms with E-state index in [9.17, 15) is 14.5 Å². The van der Waals surface area contributed by atoms with Gasteiger partial charge in [0.15, 0.2) is 0 Å². The molecular weight excluding hydrogens is 269 g/mol. The Bertz CT molecular complexity index is 665. The predicted octanol–water partition coefficient (Wildman–Crippen LogP) is 1.86. The SMILES string of the molecule is COc1cc(F)ccc1Nc1nc(N)ncc1[N+](=O)[O-]. The zero-order valence-electron chi connectivity index (χ0n) is 10.3. The van der Waals surface area contributed by atoms with Crippen molar-refractivity contribution in [3.05, 3.63) is 40.3 Å². The van der Waals surface area contributed by atoms with Gasteiger partial charge >= 0.3 is 5.69 Å². The minimum atomic E-state index is -0.655. The first-order valence-corrected chi connectivity index (χ1v) is 5.38. The van der Waals surface area contributed by atoms with Crippen molar-refractivity contribution in [1.82, 2.24) is 9.97 Å². The lowest BCUT2D eigenvalue weighted by molar-refractivity contribution is -0.384. The minimum Gasteiger partial charge on any atom is -0.494 e. The van der Waals surface area contributed by atoms with Crippen LogP contribution in [0.5, 0.6) is 5.75 Å². The Kier molecular flexibility index (Phi) is 3.60. The van der Waals surface area contributed by atoms with Crippen LogP contribution in [0.4, 0.5) is 27.5 Å². The number of nitrogens with two attached hydrogens (primary N) is 1.